The van der Waals surface area contributed by atoms with Crippen LogP contribution in [0.4, 0.5) is 0 Å². The molecular weight excluding hydrogens is 154 g/mol. The van der Waals surface area contributed by atoms with Crippen molar-refractivity contribution in [3.05, 3.63) is 0 Å². The van der Waals surface area contributed by atoms with Gasteiger partial charge < -0.3 is 15.2 Å². The lowest BCUT2D eigenvalue weighted by Crippen LogP contribution is -2.45. The third-order valence-corrected chi connectivity index (χ3v) is 1.96. The quantitative estimate of drug-likeness (QED) is 0.586. The first-order valence-electron chi connectivity index (χ1n) is 4.52. The Morgan fingerprint density at radius 3 is 2.50 bits per heavy atom. The van der Waals surface area contributed by atoms with Crippen LogP contribution in [-0.4, -0.2) is 36.5 Å². The SMILES string of the molecule is CCOCCNC(C)C(C)(C)O. The Labute approximate surface area is 75.1 Å². The van der Waals surface area contributed by atoms with Gasteiger partial charge in [0.1, 0.15) is 0 Å². The Kier molecular flexibility index (Phi) is 5.46. The van der Waals surface area contributed by atoms with E-state index < -0.39 is 5.60 Å². The van der Waals surface area contributed by atoms with Crippen molar-refractivity contribution in [2.75, 3.05) is 19.8 Å². The van der Waals surface area contributed by atoms with Gasteiger partial charge in [-0.25, -0.2) is 0 Å². The summed E-state index contributed by atoms with van der Waals surface area (Å²) in [5.41, 5.74) is -0.661. The molecule has 0 spiro atoms. The largest absolute Gasteiger partial charge is 0.389 e. The minimum absolute atomic E-state index is 0.0953. The molecule has 0 heterocycles. The summed E-state index contributed by atoms with van der Waals surface area (Å²) in [5, 5.41) is 12.7. The lowest BCUT2D eigenvalue weighted by atomic mass is 10.0. The van der Waals surface area contributed by atoms with Crippen LogP contribution in [-0.2, 0) is 4.74 Å². The highest BCUT2D eigenvalue weighted by molar-refractivity contribution is 4.79. The molecule has 0 radical (unpaired) electrons. The standard InChI is InChI=1S/C9H21NO2/c1-5-12-7-6-10-8(2)9(3,4)11/h8,10-11H,5-7H2,1-4H3. The number of aliphatic hydroxyl groups is 1. The van der Waals surface area contributed by atoms with E-state index in [9.17, 15) is 5.11 Å². The van der Waals surface area contributed by atoms with Crippen molar-refractivity contribution in [3.63, 3.8) is 0 Å². The maximum Gasteiger partial charge on any atom is 0.0741 e. The van der Waals surface area contributed by atoms with Crippen molar-refractivity contribution in [3.8, 4) is 0 Å². The van der Waals surface area contributed by atoms with Crippen molar-refractivity contribution >= 4 is 0 Å². The summed E-state index contributed by atoms with van der Waals surface area (Å²) in [5.74, 6) is 0. The molecule has 0 bridgehead atoms. The van der Waals surface area contributed by atoms with Crippen molar-refractivity contribution in [2.24, 2.45) is 0 Å². The summed E-state index contributed by atoms with van der Waals surface area (Å²) in [6.07, 6.45) is 0. The molecule has 0 saturated carbocycles. The summed E-state index contributed by atoms with van der Waals surface area (Å²) in [4.78, 5) is 0. The number of hydrogen-bond donors (Lipinski definition) is 2. The molecule has 0 aromatic heterocycles. The van der Waals surface area contributed by atoms with E-state index in [1.807, 2.05) is 13.8 Å². The number of rotatable bonds is 6. The van der Waals surface area contributed by atoms with E-state index in [1.54, 1.807) is 13.8 Å². The number of nitrogens with one attached hydrogen (secondary N) is 1. The van der Waals surface area contributed by atoms with Crippen LogP contribution in [0.15, 0.2) is 0 Å². The van der Waals surface area contributed by atoms with Gasteiger partial charge in [0.05, 0.1) is 12.2 Å². The molecule has 0 amide bonds. The van der Waals surface area contributed by atoms with Crippen LogP contribution in [0.2, 0.25) is 0 Å². The highest BCUT2D eigenvalue weighted by Crippen LogP contribution is 2.06. The lowest BCUT2D eigenvalue weighted by Gasteiger charge is -2.26. The van der Waals surface area contributed by atoms with Crippen LogP contribution in [0.25, 0.3) is 0 Å². The third kappa shape index (κ3) is 5.52. The first-order chi connectivity index (χ1) is 5.48. The van der Waals surface area contributed by atoms with Crippen LogP contribution in [0.1, 0.15) is 27.7 Å². The van der Waals surface area contributed by atoms with Gasteiger partial charge in [-0.3, -0.25) is 0 Å². The summed E-state index contributed by atoms with van der Waals surface area (Å²) in [6.45, 7) is 9.77. The van der Waals surface area contributed by atoms with E-state index in [-0.39, 0.29) is 6.04 Å². The molecule has 1 unspecified atom stereocenters. The van der Waals surface area contributed by atoms with Gasteiger partial charge in [0, 0.05) is 19.2 Å². The summed E-state index contributed by atoms with van der Waals surface area (Å²) < 4.78 is 5.15. The topological polar surface area (TPSA) is 41.5 Å². The van der Waals surface area contributed by atoms with Crippen LogP contribution in [0.5, 0.6) is 0 Å². The van der Waals surface area contributed by atoms with E-state index in [2.05, 4.69) is 5.32 Å². The van der Waals surface area contributed by atoms with Crippen LogP contribution >= 0.6 is 0 Å². The molecule has 2 N–H and O–H groups in total. The highest BCUT2D eigenvalue weighted by Gasteiger charge is 2.20. The van der Waals surface area contributed by atoms with Crippen molar-refractivity contribution < 1.29 is 9.84 Å². The van der Waals surface area contributed by atoms with Crippen LogP contribution < -0.4 is 5.32 Å². The molecule has 0 aromatic carbocycles. The van der Waals surface area contributed by atoms with Gasteiger partial charge in [-0.2, -0.15) is 0 Å². The minimum Gasteiger partial charge on any atom is -0.389 e. The normalized spacial score (nSPS) is 14.8. The average Bonchev–Trinajstić information content (AvgIpc) is 1.96. The molecule has 1 atom stereocenters. The molecule has 74 valence electrons. The first kappa shape index (κ1) is 11.9. The molecule has 3 heteroatoms. The van der Waals surface area contributed by atoms with Crippen molar-refractivity contribution in [2.45, 2.75) is 39.3 Å². The number of ether oxygens (including phenoxy) is 1. The summed E-state index contributed by atoms with van der Waals surface area (Å²) >= 11 is 0. The van der Waals surface area contributed by atoms with E-state index in [4.69, 9.17) is 4.74 Å². The molecule has 3 nitrogen and oxygen atoms in total. The average molecular weight is 175 g/mol. The molecule has 0 aromatic rings. The van der Waals surface area contributed by atoms with Gasteiger partial charge in [0.25, 0.3) is 0 Å². The Morgan fingerprint density at radius 1 is 1.50 bits per heavy atom. The van der Waals surface area contributed by atoms with E-state index in [0.717, 1.165) is 13.2 Å². The molecule has 12 heavy (non-hydrogen) atoms. The Hall–Kier alpha value is -0.120. The zero-order chi connectivity index (χ0) is 9.61. The maximum absolute atomic E-state index is 9.54. The smallest absolute Gasteiger partial charge is 0.0741 e. The van der Waals surface area contributed by atoms with Gasteiger partial charge in [-0.15, -0.1) is 0 Å². The Balaban J connectivity index is 3.38. The monoisotopic (exact) mass is 175 g/mol. The zero-order valence-corrected chi connectivity index (χ0v) is 8.55. The fourth-order valence-electron chi connectivity index (χ4n) is 0.742. The Bertz CT molecular complexity index is 110. The van der Waals surface area contributed by atoms with Gasteiger partial charge in [-0.1, -0.05) is 0 Å². The molecule has 0 aliphatic carbocycles. The fourth-order valence-corrected chi connectivity index (χ4v) is 0.742. The highest BCUT2D eigenvalue weighted by atomic mass is 16.5. The zero-order valence-electron chi connectivity index (χ0n) is 8.55. The minimum atomic E-state index is -0.661. The third-order valence-electron chi connectivity index (χ3n) is 1.96. The lowest BCUT2D eigenvalue weighted by molar-refractivity contribution is 0.0404. The predicted molar refractivity (Wildman–Crippen MR) is 50.3 cm³/mol. The fraction of sp³-hybridized carbons (Fsp3) is 1.00. The van der Waals surface area contributed by atoms with Gasteiger partial charge in [0.2, 0.25) is 0 Å². The molecule has 0 fully saturated rings. The second-order valence-electron chi connectivity index (χ2n) is 3.53. The maximum atomic E-state index is 9.54. The van der Waals surface area contributed by atoms with Gasteiger partial charge in [0.15, 0.2) is 0 Å². The Morgan fingerprint density at radius 2 is 2.08 bits per heavy atom. The van der Waals surface area contributed by atoms with Crippen LogP contribution in [0.3, 0.4) is 0 Å². The molecule has 0 aliphatic heterocycles. The summed E-state index contributed by atoms with van der Waals surface area (Å²) in [6, 6.07) is 0.0953. The molecule has 0 saturated heterocycles. The van der Waals surface area contributed by atoms with E-state index in [0.29, 0.717) is 6.61 Å². The van der Waals surface area contributed by atoms with Crippen molar-refractivity contribution in [1.82, 2.24) is 5.32 Å². The van der Waals surface area contributed by atoms with Crippen LogP contribution in [0, 0.1) is 0 Å². The number of hydrogen-bond acceptors (Lipinski definition) is 3. The van der Waals surface area contributed by atoms with E-state index >= 15 is 0 Å². The molecule has 0 aliphatic rings. The van der Waals surface area contributed by atoms with Crippen molar-refractivity contribution in [1.29, 1.82) is 0 Å². The van der Waals surface area contributed by atoms with E-state index in [1.165, 1.54) is 0 Å². The molecular formula is C9H21NO2. The predicted octanol–water partition coefficient (Wildman–Crippen LogP) is 0.772. The molecule has 0 rings (SSSR count). The summed E-state index contributed by atoms with van der Waals surface area (Å²) in [7, 11) is 0. The second kappa shape index (κ2) is 5.51. The van der Waals surface area contributed by atoms with Gasteiger partial charge in [-0.05, 0) is 27.7 Å². The van der Waals surface area contributed by atoms with Gasteiger partial charge >= 0.3 is 0 Å². The second-order valence-corrected chi connectivity index (χ2v) is 3.53. The first-order valence-corrected chi connectivity index (χ1v) is 4.52.